The molecular weight excluding hydrogens is 252 g/mol. The van der Waals surface area contributed by atoms with Crippen LogP contribution in [0.4, 0.5) is 5.82 Å². The van der Waals surface area contributed by atoms with Crippen LogP contribution in [0, 0.1) is 5.92 Å². The van der Waals surface area contributed by atoms with E-state index in [9.17, 15) is 0 Å². The summed E-state index contributed by atoms with van der Waals surface area (Å²) in [6.45, 7) is 3.17. The van der Waals surface area contributed by atoms with E-state index in [2.05, 4.69) is 17.2 Å². The van der Waals surface area contributed by atoms with Crippen LogP contribution < -0.4 is 10.1 Å². The monoisotopic (exact) mass is 274 g/mol. The van der Waals surface area contributed by atoms with E-state index in [0.29, 0.717) is 5.92 Å². The lowest BCUT2D eigenvalue weighted by molar-refractivity contribution is 0.229. The standard InChI is InChI=1S/C16H22N2O2/c1-12(11-19)4-3-8-17-16-15-10-14(20-2)6-5-13(15)7-9-18-16/h5-7,9-10,12,19H,3-4,8,11H2,1-2H3,(H,17,18). The Hall–Kier alpha value is -1.81. The third-order valence-corrected chi connectivity index (χ3v) is 3.45. The molecule has 1 atom stereocenters. The Bertz CT molecular complexity index is 557. The van der Waals surface area contributed by atoms with E-state index in [1.807, 2.05) is 30.5 Å². The number of ether oxygens (including phenoxy) is 1. The molecule has 0 aliphatic rings. The van der Waals surface area contributed by atoms with Crippen LogP contribution in [0.3, 0.4) is 0 Å². The van der Waals surface area contributed by atoms with E-state index in [1.165, 1.54) is 0 Å². The minimum absolute atomic E-state index is 0.254. The first-order valence-electron chi connectivity index (χ1n) is 7.02. The number of methoxy groups -OCH3 is 1. The van der Waals surface area contributed by atoms with Crippen molar-refractivity contribution in [2.75, 3.05) is 25.6 Å². The van der Waals surface area contributed by atoms with Gasteiger partial charge in [-0.1, -0.05) is 13.0 Å². The molecule has 1 heterocycles. The van der Waals surface area contributed by atoms with Gasteiger partial charge >= 0.3 is 0 Å². The Balaban J connectivity index is 2.05. The molecule has 0 fully saturated rings. The van der Waals surface area contributed by atoms with Crippen LogP contribution in [0.15, 0.2) is 30.5 Å². The van der Waals surface area contributed by atoms with Gasteiger partial charge in [-0.2, -0.15) is 0 Å². The van der Waals surface area contributed by atoms with Gasteiger partial charge in [-0.25, -0.2) is 4.98 Å². The lowest BCUT2D eigenvalue weighted by Gasteiger charge is -2.11. The SMILES string of the molecule is COc1ccc2ccnc(NCCCC(C)CO)c2c1. The molecule has 0 spiro atoms. The first kappa shape index (κ1) is 14.6. The Morgan fingerprint density at radius 2 is 2.20 bits per heavy atom. The molecule has 108 valence electrons. The van der Waals surface area contributed by atoms with Crippen molar-refractivity contribution in [1.29, 1.82) is 0 Å². The summed E-state index contributed by atoms with van der Waals surface area (Å²) in [5.41, 5.74) is 0. The summed E-state index contributed by atoms with van der Waals surface area (Å²) in [5, 5.41) is 14.6. The van der Waals surface area contributed by atoms with Gasteiger partial charge in [0.2, 0.25) is 0 Å². The second kappa shape index (κ2) is 7.10. The molecule has 2 N–H and O–H groups in total. The maximum atomic E-state index is 9.00. The highest BCUT2D eigenvalue weighted by Gasteiger charge is 2.04. The number of aliphatic hydroxyl groups is 1. The number of nitrogens with zero attached hydrogens (tertiary/aromatic N) is 1. The topological polar surface area (TPSA) is 54.4 Å². The number of rotatable bonds is 7. The number of benzene rings is 1. The van der Waals surface area contributed by atoms with Crippen LogP contribution in [0.25, 0.3) is 10.8 Å². The number of anilines is 1. The highest BCUT2D eigenvalue weighted by Crippen LogP contribution is 2.25. The Kier molecular flexibility index (Phi) is 5.18. The number of nitrogens with one attached hydrogen (secondary N) is 1. The Labute approximate surface area is 119 Å². The third kappa shape index (κ3) is 3.61. The highest BCUT2D eigenvalue weighted by molar-refractivity contribution is 5.92. The summed E-state index contributed by atoms with van der Waals surface area (Å²) in [7, 11) is 1.67. The fourth-order valence-electron chi connectivity index (χ4n) is 2.16. The van der Waals surface area contributed by atoms with Crippen LogP contribution in [0.1, 0.15) is 19.8 Å². The summed E-state index contributed by atoms with van der Waals surface area (Å²) < 4.78 is 5.27. The van der Waals surface area contributed by atoms with Gasteiger partial charge in [0.05, 0.1) is 7.11 Å². The average molecular weight is 274 g/mol. The summed E-state index contributed by atoms with van der Waals surface area (Å²) in [5.74, 6) is 2.08. The van der Waals surface area contributed by atoms with Crippen molar-refractivity contribution in [2.45, 2.75) is 19.8 Å². The second-order valence-corrected chi connectivity index (χ2v) is 5.10. The van der Waals surface area contributed by atoms with Crippen molar-refractivity contribution in [3.63, 3.8) is 0 Å². The molecule has 1 unspecified atom stereocenters. The van der Waals surface area contributed by atoms with E-state index >= 15 is 0 Å². The van der Waals surface area contributed by atoms with Gasteiger partial charge in [-0.3, -0.25) is 0 Å². The van der Waals surface area contributed by atoms with Gasteiger partial charge in [0.25, 0.3) is 0 Å². The molecule has 4 nitrogen and oxygen atoms in total. The van der Waals surface area contributed by atoms with Crippen molar-refractivity contribution in [3.05, 3.63) is 30.5 Å². The van der Waals surface area contributed by atoms with Gasteiger partial charge in [0, 0.05) is 24.7 Å². The molecule has 1 aromatic carbocycles. The van der Waals surface area contributed by atoms with E-state index in [4.69, 9.17) is 9.84 Å². The largest absolute Gasteiger partial charge is 0.497 e. The molecule has 0 saturated carbocycles. The fraction of sp³-hybridized carbons (Fsp3) is 0.438. The lowest BCUT2D eigenvalue weighted by atomic mass is 10.1. The molecule has 0 aliphatic heterocycles. The van der Waals surface area contributed by atoms with Crippen LogP contribution >= 0.6 is 0 Å². The third-order valence-electron chi connectivity index (χ3n) is 3.45. The van der Waals surface area contributed by atoms with Crippen molar-refractivity contribution >= 4 is 16.6 Å². The molecular formula is C16H22N2O2. The van der Waals surface area contributed by atoms with Crippen molar-refractivity contribution in [1.82, 2.24) is 4.98 Å². The van der Waals surface area contributed by atoms with Crippen LogP contribution in [-0.2, 0) is 0 Å². The Morgan fingerprint density at radius 3 is 2.95 bits per heavy atom. The molecule has 0 bridgehead atoms. The minimum Gasteiger partial charge on any atom is -0.497 e. The molecule has 0 saturated heterocycles. The number of aromatic nitrogens is 1. The number of pyridine rings is 1. The quantitative estimate of drug-likeness (QED) is 0.762. The number of hydrogen-bond acceptors (Lipinski definition) is 4. The van der Waals surface area contributed by atoms with Crippen molar-refractivity contribution < 1.29 is 9.84 Å². The smallest absolute Gasteiger partial charge is 0.133 e. The maximum absolute atomic E-state index is 9.00. The highest BCUT2D eigenvalue weighted by atomic mass is 16.5. The first-order chi connectivity index (χ1) is 9.74. The van der Waals surface area contributed by atoms with Gasteiger partial charge < -0.3 is 15.2 Å². The van der Waals surface area contributed by atoms with Crippen LogP contribution in [-0.4, -0.2) is 30.4 Å². The van der Waals surface area contributed by atoms with Gasteiger partial charge in [0.1, 0.15) is 11.6 Å². The van der Waals surface area contributed by atoms with Gasteiger partial charge in [-0.05, 0) is 42.3 Å². The molecule has 1 aromatic heterocycles. The predicted molar refractivity (Wildman–Crippen MR) is 82.3 cm³/mol. The molecule has 2 aromatic rings. The second-order valence-electron chi connectivity index (χ2n) is 5.10. The lowest BCUT2D eigenvalue weighted by Crippen LogP contribution is -2.07. The zero-order chi connectivity index (χ0) is 14.4. The minimum atomic E-state index is 0.254. The van der Waals surface area contributed by atoms with Gasteiger partial charge in [0.15, 0.2) is 0 Å². The van der Waals surface area contributed by atoms with E-state index < -0.39 is 0 Å². The fourth-order valence-corrected chi connectivity index (χ4v) is 2.16. The van der Waals surface area contributed by atoms with Crippen LogP contribution in [0.5, 0.6) is 5.75 Å². The number of fused-ring (bicyclic) bond motifs is 1. The summed E-state index contributed by atoms with van der Waals surface area (Å²) in [6.07, 6.45) is 3.84. The van der Waals surface area contributed by atoms with Crippen molar-refractivity contribution in [3.8, 4) is 5.75 Å². The summed E-state index contributed by atoms with van der Waals surface area (Å²) >= 11 is 0. The molecule has 0 radical (unpaired) electrons. The summed E-state index contributed by atoms with van der Waals surface area (Å²) in [4.78, 5) is 4.40. The van der Waals surface area contributed by atoms with Gasteiger partial charge in [-0.15, -0.1) is 0 Å². The van der Waals surface area contributed by atoms with E-state index in [1.54, 1.807) is 7.11 Å². The zero-order valence-corrected chi connectivity index (χ0v) is 12.1. The summed E-state index contributed by atoms with van der Waals surface area (Å²) in [6, 6.07) is 7.98. The first-order valence-corrected chi connectivity index (χ1v) is 7.02. The number of hydrogen-bond donors (Lipinski definition) is 2. The molecule has 20 heavy (non-hydrogen) atoms. The van der Waals surface area contributed by atoms with Crippen LogP contribution in [0.2, 0.25) is 0 Å². The molecule has 0 amide bonds. The van der Waals surface area contributed by atoms with E-state index in [0.717, 1.165) is 41.7 Å². The normalized spacial score (nSPS) is 12.3. The average Bonchev–Trinajstić information content (AvgIpc) is 2.50. The zero-order valence-electron chi connectivity index (χ0n) is 12.1. The number of aliphatic hydroxyl groups excluding tert-OH is 1. The maximum Gasteiger partial charge on any atom is 0.133 e. The molecule has 2 rings (SSSR count). The Morgan fingerprint density at radius 1 is 1.35 bits per heavy atom. The van der Waals surface area contributed by atoms with Crippen molar-refractivity contribution in [2.24, 2.45) is 5.92 Å². The molecule has 4 heteroatoms. The predicted octanol–water partition coefficient (Wildman–Crippen LogP) is 3.06. The van der Waals surface area contributed by atoms with E-state index in [-0.39, 0.29) is 6.61 Å². The molecule has 0 aliphatic carbocycles.